The smallest absolute Gasteiger partial charge is 0.0408 e. The Hall–Kier alpha value is -2.62. The van der Waals surface area contributed by atoms with E-state index in [1.165, 1.54) is 31.0 Å². The molecule has 1 nitrogen and oxygen atoms in total. The fraction of sp³-hybridized carbons (Fsp3) is 0.0400. The first-order chi connectivity index (χ1) is 13.8. The van der Waals surface area contributed by atoms with Gasteiger partial charge in [0, 0.05) is 38.0 Å². The zero-order valence-electron chi connectivity index (χ0n) is 15.7. The molecule has 0 aliphatic carbocycles. The Morgan fingerprint density at radius 1 is 0.429 bits per heavy atom. The van der Waals surface area contributed by atoms with Gasteiger partial charge in [0.15, 0.2) is 0 Å². The molecule has 0 bridgehead atoms. The van der Waals surface area contributed by atoms with Crippen molar-refractivity contribution in [1.29, 1.82) is 0 Å². The van der Waals surface area contributed by atoms with E-state index in [9.17, 15) is 0 Å². The van der Waals surface area contributed by atoms with E-state index >= 15 is 0 Å². The minimum Gasteiger partial charge on any atom is -0.345 e. The molecular weight excluding hydrogens is 378 g/mol. The zero-order chi connectivity index (χ0) is 19.2. The van der Waals surface area contributed by atoms with Crippen molar-refractivity contribution in [1.82, 2.24) is 0 Å². The van der Waals surface area contributed by atoms with Gasteiger partial charge in [0.05, 0.1) is 0 Å². The molecule has 3 heteroatoms. The van der Waals surface area contributed by atoms with Crippen molar-refractivity contribution >= 4 is 34.9 Å². The zero-order valence-corrected chi connectivity index (χ0v) is 17.3. The lowest BCUT2D eigenvalue weighted by Gasteiger charge is -2.20. The van der Waals surface area contributed by atoms with E-state index in [2.05, 4.69) is 109 Å². The van der Waals surface area contributed by atoms with Gasteiger partial charge in [-0.3, -0.25) is 0 Å². The summed E-state index contributed by atoms with van der Waals surface area (Å²) >= 11 is 3.57. The second-order valence-corrected chi connectivity index (χ2v) is 8.67. The van der Waals surface area contributed by atoms with Crippen molar-refractivity contribution in [2.75, 3.05) is 11.9 Å². The minimum atomic E-state index is 1.18. The van der Waals surface area contributed by atoms with Gasteiger partial charge in [-0.05, 0) is 72.8 Å². The first-order valence-electron chi connectivity index (χ1n) is 9.18. The molecule has 4 rings (SSSR count). The van der Waals surface area contributed by atoms with E-state index in [1.54, 1.807) is 23.5 Å². The van der Waals surface area contributed by atoms with Gasteiger partial charge in [-0.2, -0.15) is 0 Å². The van der Waals surface area contributed by atoms with Crippen LogP contribution in [0.3, 0.4) is 0 Å². The number of benzene rings is 4. The molecule has 0 aromatic heterocycles. The molecular formula is C25H21NS2. The van der Waals surface area contributed by atoms with E-state index in [1.807, 2.05) is 12.1 Å². The first kappa shape index (κ1) is 18.7. The Labute approximate surface area is 175 Å². The third-order valence-electron chi connectivity index (χ3n) is 4.41. The molecule has 0 amide bonds. The van der Waals surface area contributed by atoms with Gasteiger partial charge in [0.2, 0.25) is 0 Å². The normalized spacial score (nSPS) is 10.6. The molecule has 0 N–H and O–H groups in total. The molecule has 0 radical (unpaired) electrons. The molecule has 28 heavy (non-hydrogen) atoms. The maximum Gasteiger partial charge on any atom is 0.0408 e. The fourth-order valence-corrected chi connectivity index (χ4v) is 4.55. The lowest BCUT2D eigenvalue weighted by atomic mass is 10.2. The lowest BCUT2D eigenvalue weighted by molar-refractivity contribution is 1.19. The Balaban J connectivity index is 1.43. The molecule has 0 heterocycles. The topological polar surface area (TPSA) is 3.24 Å². The monoisotopic (exact) mass is 399 g/mol. The standard InChI is InChI=1S/C25H21NS2/c1-26(20-12-16-24(17-13-20)27-22-8-4-2-5-9-22)21-14-18-25(19-15-21)28-23-10-6-3-7-11-23/h2-19H,1H3. The van der Waals surface area contributed by atoms with Gasteiger partial charge < -0.3 is 4.90 Å². The van der Waals surface area contributed by atoms with Crippen LogP contribution in [0, 0.1) is 0 Å². The average Bonchev–Trinajstić information content (AvgIpc) is 2.76. The summed E-state index contributed by atoms with van der Waals surface area (Å²) in [6.45, 7) is 0. The predicted molar refractivity (Wildman–Crippen MR) is 122 cm³/mol. The quantitative estimate of drug-likeness (QED) is 0.326. The summed E-state index contributed by atoms with van der Waals surface area (Å²) in [5.41, 5.74) is 2.36. The molecule has 0 spiro atoms. The number of hydrogen-bond donors (Lipinski definition) is 0. The van der Waals surface area contributed by atoms with Crippen molar-refractivity contribution in [3.05, 3.63) is 109 Å². The van der Waals surface area contributed by atoms with Crippen LogP contribution in [0.2, 0.25) is 0 Å². The van der Waals surface area contributed by atoms with E-state index in [4.69, 9.17) is 0 Å². The summed E-state index contributed by atoms with van der Waals surface area (Å²) in [6, 6.07) is 38.4. The van der Waals surface area contributed by atoms with Crippen molar-refractivity contribution in [2.45, 2.75) is 19.6 Å². The summed E-state index contributed by atoms with van der Waals surface area (Å²) in [4.78, 5) is 7.23. The number of anilines is 2. The van der Waals surface area contributed by atoms with E-state index in [0.717, 1.165) is 0 Å². The van der Waals surface area contributed by atoms with Crippen LogP contribution in [0.1, 0.15) is 0 Å². The van der Waals surface area contributed by atoms with E-state index in [0.29, 0.717) is 0 Å². The Bertz CT molecular complexity index is 913. The molecule has 0 saturated heterocycles. The molecule has 4 aromatic rings. The molecule has 0 unspecified atom stereocenters. The van der Waals surface area contributed by atoms with Crippen LogP contribution in [0.5, 0.6) is 0 Å². The van der Waals surface area contributed by atoms with Gasteiger partial charge in [-0.15, -0.1) is 0 Å². The summed E-state index contributed by atoms with van der Waals surface area (Å²) < 4.78 is 0. The first-order valence-corrected chi connectivity index (χ1v) is 10.8. The molecule has 0 atom stereocenters. The van der Waals surface area contributed by atoms with Crippen LogP contribution in [-0.2, 0) is 0 Å². The lowest BCUT2D eigenvalue weighted by Crippen LogP contribution is -2.08. The summed E-state index contributed by atoms with van der Waals surface area (Å²) in [5.74, 6) is 0. The van der Waals surface area contributed by atoms with Crippen LogP contribution in [-0.4, -0.2) is 7.05 Å². The second-order valence-electron chi connectivity index (χ2n) is 6.38. The van der Waals surface area contributed by atoms with Gasteiger partial charge in [-0.1, -0.05) is 59.9 Å². The number of rotatable bonds is 6. The molecule has 0 aliphatic rings. The molecule has 0 aliphatic heterocycles. The minimum absolute atomic E-state index is 1.18. The highest BCUT2D eigenvalue weighted by Gasteiger charge is 2.05. The molecule has 0 saturated carbocycles. The summed E-state index contributed by atoms with van der Waals surface area (Å²) in [5, 5.41) is 0. The van der Waals surface area contributed by atoms with Gasteiger partial charge in [0.1, 0.15) is 0 Å². The average molecular weight is 400 g/mol. The number of nitrogens with zero attached hydrogens (tertiary/aromatic N) is 1. The molecule has 4 aromatic carbocycles. The summed E-state index contributed by atoms with van der Waals surface area (Å²) in [7, 11) is 2.11. The van der Waals surface area contributed by atoms with Gasteiger partial charge in [-0.25, -0.2) is 0 Å². The summed E-state index contributed by atoms with van der Waals surface area (Å²) in [6.07, 6.45) is 0. The third-order valence-corrected chi connectivity index (χ3v) is 6.44. The SMILES string of the molecule is CN(c1ccc(Sc2ccccc2)cc1)c1ccc(Sc2ccccc2)cc1. The highest BCUT2D eigenvalue weighted by Crippen LogP contribution is 2.32. The van der Waals surface area contributed by atoms with Crippen LogP contribution >= 0.6 is 23.5 Å². The highest BCUT2D eigenvalue weighted by atomic mass is 32.2. The van der Waals surface area contributed by atoms with Gasteiger partial charge in [0.25, 0.3) is 0 Å². The van der Waals surface area contributed by atoms with E-state index < -0.39 is 0 Å². The predicted octanol–water partition coefficient (Wildman–Crippen LogP) is 7.76. The fourth-order valence-electron chi connectivity index (χ4n) is 2.87. The van der Waals surface area contributed by atoms with Crippen LogP contribution in [0.15, 0.2) is 129 Å². The highest BCUT2D eigenvalue weighted by molar-refractivity contribution is 7.99. The molecule has 138 valence electrons. The van der Waals surface area contributed by atoms with Crippen molar-refractivity contribution in [2.24, 2.45) is 0 Å². The maximum atomic E-state index is 2.22. The van der Waals surface area contributed by atoms with Crippen LogP contribution in [0.25, 0.3) is 0 Å². The molecule has 0 fully saturated rings. The largest absolute Gasteiger partial charge is 0.345 e. The van der Waals surface area contributed by atoms with Crippen molar-refractivity contribution < 1.29 is 0 Å². The Morgan fingerprint density at radius 3 is 1.11 bits per heavy atom. The third kappa shape index (κ3) is 4.80. The van der Waals surface area contributed by atoms with E-state index in [-0.39, 0.29) is 0 Å². The second kappa shape index (κ2) is 9.05. The Morgan fingerprint density at radius 2 is 0.750 bits per heavy atom. The maximum absolute atomic E-state index is 2.22. The van der Waals surface area contributed by atoms with Crippen LogP contribution < -0.4 is 4.90 Å². The van der Waals surface area contributed by atoms with Crippen LogP contribution in [0.4, 0.5) is 11.4 Å². The van der Waals surface area contributed by atoms with Crippen molar-refractivity contribution in [3.63, 3.8) is 0 Å². The Kier molecular flexibility index (Phi) is 6.05. The van der Waals surface area contributed by atoms with Crippen molar-refractivity contribution in [3.8, 4) is 0 Å². The number of hydrogen-bond acceptors (Lipinski definition) is 3. The van der Waals surface area contributed by atoms with Gasteiger partial charge >= 0.3 is 0 Å².